The van der Waals surface area contributed by atoms with Crippen molar-refractivity contribution in [2.45, 2.75) is 57.8 Å². The van der Waals surface area contributed by atoms with Gasteiger partial charge in [0.25, 0.3) is 0 Å². The van der Waals surface area contributed by atoms with Gasteiger partial charge in [0.1, 0.15) is 5.82 Å². The lowest BCUT2D eigenvalue weighted by molar-refractivity contribution is -0.112. The van der Waals surface area contributed by atoms with Gasteiger partial charge in [0.2, 0.25) is 5.95 Å². The zero-order valence-corrected chi connectivity index (χ0v) is 11.3. The molecule has 3 N–H and O–H groups in total. The Balaban J connectivity index is 1.82. The summed E-state index contributed by atoms with van der Waals surface area (Å²) in [7, 11) is 0. The van der Waals surface area contributed by atoms with Crippen LogP contribution in [0.2, 0.25) is 0 Å². The van der Waals surface area contributed by atoms with E-state index in [9.17, 15) is 0 Å². The molecule has 18 heavy (non-hydrogen) atoms. The number of nitrogens with one attached hydrogen (secondary N) is 1. The standard InChI is InChI=1S/C14H22N4/c1-12-3-9-4-13(2,6-12)8-14(5-9,7-12)10-16-11(15)18-17-10/h9H,3-8H2,1-2H3,(H3,15,16,17,18). The Morgan fingerprint density at radius 3 is 2.28 bits per heavy atom. The zero-order valence-electron chi connectivity index (χ0n) is 11.3. The maximum atomic E-state index is 5.71. The molecule has 4 aliphatic carbocycles. The zero-order chi connectivity index (χ0) is 12.6. The van der Waals surface area contributed by atoms with Gasteiger partial charge in [-0.2, -0.15) is 4.98 Å². The molecule has 4 bridgehead atoms. The van der Waals surface area contributed by atoms with Gasteiger partial charge in [0, 0.05) is 5.41 Å². The number of rotatable bonds is 1. The summed E-state index contributed by atoms with van der Waals surface area (Å²) in [4.78, 5) is 4.47. The third-order valence-electron chi connectivity index (χ3n) is 5.63. The van der Waals surface area contributed by atoms with Crippen LogP contribution in [0.1, 0.15) is 58.2 Å². The van der Waals surface area contributed by atoms with Crippen molar-refractivity contribution in [1.82, 2.24) is 15.2 Å². The summed E-state index contributed by atoms with van der Waals surface area (Å²) >= 11 is 0. The predicted octanol–water partition coefficient (Wildman–Crippen LogP) is 2.63. The largest absolute Gasteiger partial charge is 0.367 e. The molecule has 0 spiro atoms. The molecular formula is C14H22N4. The SMILES string of the molecule is CC12CC3CC(C)(C1)CC(c1nc(N)n[nH]1)(C3)C2. The number of aromatic nitrogens is 3. The van der Waals surface area contributed by atoms with Gasteiger partial charge >= 0.3 is 0 Å². The highest BCUT2D eigenvalue weighted by Crippen LogP contribution is 2.69. The molecule has 0 amide bonds. The molecule has 0 radical (unpaired) electrons. The number of nitrogen functional groups attached to an aromatic ring is 1. The predicted molar refractivity (Wildman–Crippen MR) is 69.9 cm³/mol. The van der Waals surface area contributed by atoms with E-state index in [1.165, 1.54) is 38.5 Å². The van der Waals surface area contributed by atoms with Crippen LogP contribution in [0.4, 0.5) is 5.95 Å². The van der Waals surface area contributed by atoms with Crippen molar-refractivity contribution in [3.8, 4) is 0 Å². The molecule has 5 rings (SSSR count). The average molecular weight is 246 g/mol. The molecule has 4 fully saturated rings. The minimum atomic E-state index is 0.230. The van der Waals surface area contributed by atoms with E-state index in [4.69, 9.17) is 5.73 Å². The van der Waals surface area contributed by atoms with E-state index in [0.717, 1.165) is 11.7 Å². The molecule has 2 atom stereocenters. The topological polar surface area (TPSA) is 67.6 Å². The number of hydrogen-bond donors (Lipinski definition) is 2. The van der Waals surface area contributed by atoms with Gasteiger partial charge in [0.15, 0.2) is 0 Å². The Morgan fingerprint density at radius 2 is 1.78 bits per heavy atom. The van der Waals surface area contributed by atoms with Gasteiger partial charge < -0.3 is 5.73 Å². The fourth-order valence-electron chi connectivity index (χ4n) is 6.22. The molecule has 1 aromatic heterocycles. The summed E-state index contributed by atoms with van der Waals surface area (Å²) in [6.45, 7) is 4.95. The lowest BCUT2D eigenvalue weighted by Gasteiger charge is -2.64. The average Bonchev–Trinajstić information content (AvgIpc) is 2.59. The van der Waals surface area contributed by atoms with E-state index in [-0.39, 0.29) is 5.41 Å². The number of nitrogens with zero attached hydrogens (tertiary/aromatic N) is 2. The third-order valence-corrected chi connectivity index (χ3v) is 5.63. The number of nitrogens with two attached hydrogens (primary N) is 1. The molecule has 98 valence electrons. The van der Waals surface area contributed by atoms with Crippen molar-refractivity contribution in [3.63, 3.8) is 0 Å². The highest BCUT2D eigenvalue weighted by atomic mass is 15.3. The summed E-state index contributed by atoms with van der Waals surface area (Å²) in [5.74, 6) is 2.33. The van der Waals surface area contributed by atoms with Gasteiger partial charge in [-0.25, -0.2) is 0 Å². The van der Waals surface area contributed by atoms with Crippen molar-refractivity contribution in [2.75, 3.05) is 5.73 Å². The van der Waals surface area contributed by atoms with Crippen LogP contribution in [0, 0.1) is 16.7 Å². The monoisotopic (exact) mass is 246 g/mol. The number of hydrogen-bond acceptors (Lipinski definition) is 3. The van der Waals surface area contributed by atoms with Crippen LogP contribution in [0.15, 0.2) is 0 Å². The van der Waals surface area contributed by atoms with Crippen LogP contribution in [-0.2, 0) is 5.41 Å². The fraction of sp³-hybridized carbons (Fsp3) is 0.857. The van der Waals surface area contributed by atoms with E-state index in [0.29, 0.717) is 16.8 Å². The van der Waals surface area contributed by atoms with Gasteiger partial charge in [-0.05, 0) is 55.3 Å². The lowest BCUT2D eigenvalue weighted by Crippen LogP contribution is -2.57. The third kappa shape index (κ3) is 1.32. The highest BCUT2D eigenvalue weighted by molar-refractivity contribution is 5.25. The van der Waals surface area contributed by atoms with E-state index in [2.05, 4.69) is 29.0 Å². The molecular weight excluding hydrogens is 224 g/mol. The second-order valence-electron chi connectivity index (χ2n) is 7.95. The van der Waals surface area contributed by atoms with E-state index in [1.807, 2.05) is 0 Å². The van der Waals surface area contributed by atoms with Crippen LogP contribution >= 0.6 is 0 Å². The maximum absolute atomic E-state index is 5.71. The molecule has 0 aromatic carbocycles. The van der Waals surface area contributed by atoms with Crippen LogP contribution in [-0.4, -0.2) is 15.2 Å². The summed E-state index contributed by atoms with van der Waals surface area (Å²) in [6.07, 6.45) is 8.03. The summed E-state index contributed by atoms with van der Waals surface area (Å²) in [6, 6.07) is 0. The molecule has 2 unspecified atom stereocenters. The van der Waals surface area contributed by atoms with Crippen LogP contribution < -0.4 is 5.73 Å². The Hall–Kier alpha value is -1.06. The molecule has 0 aliphatic heterocycles. The van der Waals surface area contributed by atoms with Gasteiger partial charge in [-0.15, -0.1) is 5.10 Å². The second kappa shape index (κ2) is 2.91. The van der Waals surface area contributed by atoms with Crippen molar-refractivity contribution in [3.05, 3.63) is 5.82 Å². The molecule has 1 heterocycles. The van der Waals surface area contributed by atoms with Crippen molar-refractivity contribution >= 4 is 5.95 Å². The van der Waals surface area contributed by atoms with Crippen molar-refractivity contribution < 1.29 is 0 Å². The molecule has 4 saturated carbocycles. The summed E-state index contributed by atoms with van der Waals surface area (Å²) in [5, 5.41) is 7.17. The van der Waals surface area contributed by atoms with Crippen molar-refractivity contribution in [2.24, 2.45) is 16.7 Å². The molecule has 4 heteroatoms. The normalized spacial score (nSPS) is 49.8. The first-order chi connectivity index (χ1) is 8.41. The Kier molecular flexibility index (Phi) is 1.75. The maximum Gasteiger partial charge on any atom is 0.239 e. The van der Waals surface area contributed by atoms with Crippen molar-refractivity contribution in [1.29, 1.82) is 0 Å². The summed E-state index contributed by atoms with van der Waals surface area (Å²) in [5.41, 5.74) is 6.96. The molecule has 4 aliphatic rings. The molecule has 1 aromatic rings. The van der Waals surface area contributed by atoms with Crippen LogP contribution in [0.5, 0.6) is 0 Å². The quantitative estimate of drug-likeness (QED) is 0.800. The van der Waals surface area contributed by atoms with Crippen LogP contribution in [0.25, 0.3) is 0 Å². The highest BCUT2D eigenvalue weighted by Gasteiger charge is 2.61. The van der Waals surface area contributed by atoms with E-state index >= 15 is 0 Å². The Labute approximate surface area is 108 Å². The number of H-pyrrole nitrogens is 1. The Morgan fingerprint density at radius 1 is 1.11 bits per heavy atom. The number of anilines is 1. The first kappa shape index (κ1) is 10.8. The minimum Gasteiger partial charge on any atom is -0.367 e. The van der Waals surface area contributed by atoms with E-state index < -0.39 is 0 Å². The second-order valence-corrected chi connectivity index (χ2v) is 7.95. The Bertz CT molecular complexity index is 488. The fourth-order valence-corrected chi connectivity index (χ4v) is 6.22. The van der Waals surface area contributed by atoms with Crippen LogP contribution in [0.3, 0.4) is 0 Å². The number of aromatic amines is 1. The van der Waals surface area contributed by atoms with Gasteiger partial charge in [0.05, 0.1) is 0 Å². The van der Waals surface area contributed by atoms with E-state index in [1.54, 1.807) is 0 Å². The first-order valence-electron chi connectivity index (χ1n) is 7.09. The smallest absolute Gasteiger partial charge is 0.239 e. The minimum absolute atomic E-state index is 0.230. The van der Waals surface area contributed by atoms with Gasteiger partial charge in [-0.3, -0.25) is 5.10 Å². The lowest BCUT2D eigenvalue weighted by atomic mass is 9.40. The summed E-state index contributed by atoms with van der Waals surface area (Å²) < 4.78 is 0. The van der Waals surface area contributed by atoms with Gasteiger partial charge in [-0.1, -0.05) is 13.8 Å². The molecule has 4 nitrogen and oxygen atoms in total. The molecule has 0 saturated heterocycles. The first-order valence-corrected chi connectivity index (χ1v) is 7.09.